The lowest BCUT2D eigenvalue weighted by atomic mass is 10.0. The lowest BCUT2D eigenvalue weighted by molar-refractivity contribution is 0.0966. The van der Waals surface area contributed by atoms with E-state index in [-0.39, 0.29) is 22.8 Å². The molecular weight excluding hydrogens is 446 g/mol. The van der Waals surface area contributed by atoms with Gasteiger partial charge in [0.15, 0.2) is 17.3 Å². The van der Waals surface area contributed by atoms with Gasteiger partial charge in [0.2, 0.25) is 0 Å². The van der Waals surface area contributed by atoms with E-state index in [4.69, 9.17) is 4.74 Å². The second kappa shape index (κ2) is 9.64. The number of phenolic OH excluding ortho intramolecular Hbond substituents is 1. The quantitative estimate of drug-likeness (QED) is 0.351. The normalized spacial score (nSPS) is 10.6. The highest BCUT2D eigenvalue weighted by Gasteiger charge is 2.18. The molecule has 0 atom stereocenters. The number of nitrogens with zero attached hydrogens (tertiary/aromatic N) is 1. The number of imide groups is 1. The Morgan fingerprint density at radius 1 is 0.971 bits per heavy atom. The van der Waals surface area contributed by atoms with Gasteiger partial charge in [-0.3, -0.25) is 14.9 Å². The number of ketones is 1. The van der Waals surface area contributed by atoms with E-state index < -0.39 is 11.9 Å². The molecular formula is C27H23N3O5. The number of methoxy groups -OCH3 is 1. The summed E-state index contributed by atoms with van der Waals surface area (Å²) in [5.74, 6) is -0.604. The summed E-state index contributed by atoms with van der Waals surface area (Å²) < 4.78 is 5.19. The van der Waals surface area contributed by atoms with Crippen molar-refractivity contribution in [3.63, 3.8) is 0 Å². The minimum absolute atomic E-state index is 0.0333. The molecule has 0 saturated heterocycles. The number of pyridine rings is 1. The number of benzene rings is 3. The molecule has 0 radical (unpaired) electrons. The van der Waals surface area contributed by atoms with Gasteiger partial charge in [-0.1, -0.05) is 18.2 Å². The number of phenols is 1. The molecule has 176 valence electrons. The number of aromatic nitrogens is 1. The Morgan fingerprint density at radius 3 is 2.46 bits per heavy atom. The van der Waals surface area contributed by atoms with Gasteiger partial charge in [0.25, 0.3) is 5.91 Å². The molecule has 1 aromatic heterocycles. The number of fused-ring (bicyclic) bond motifs is 1. The van der Waals surface area contributed by atoms with Crippen LogP contribution in [0.1, 0.15) is 33.2 Å². The van der Waals surface area contributed by atoms with Crippen molar-refractivity contribution >= 4 is 34.3 Å². The highest BCUT2D eigenvalue weighted by atomic mass is 16.5. The van der Waals surface area contributed by atoms with Gasteiger partial charge >= 0.3 is 6.03 Å². The molecule has 3 amide bonds. The van der Waals surface area contributed by atoms with E-state index in [1.807, 2.05) is 19.1 Å². The molecule has 0 saturated carbocycles. The fourth-order valence-corrected chi connectivity index (χ4v) is 3.65. The summed E-state index contributed by atoms with van der Waals surface area (Å²) in [6.07, 6.45) is 0. The summed E-state index contributed by atoms with van der Waals surface area (Å²) in [6.45, 7) is 3.27. The van der Waals surface area contributed by atoms with Crippen LogP contribution in [0.5, 0.6) is 11.5 Å². The van der Waals surface area contributed by atoms with E-state index >= 15 is 0 Å². The average molecular weight is 469 g/mol. The number of para-hydroxylation sites is 1. The zero-order chi connectivity index (χ0) is 25.1. The molecule has 3 N–H and O–H groups in total. The van der Waals surface area contributed by atoms with Crippen molar-refractivity contribution in [1.29, 1.82) is 0 Å². The van der Waals surface area contributed by atoms with Crippen LogP contribution in [0.3, 0.4) is 0 Å². The lowest BCUT2D eigenvalue weighted by Crippen LogP contribution is -2.34. The molecule has 0 unspecified atom stereocenters. The van der Waals surface area contributed by atoms with Gasteiger partial charge in [-0.25, -0.2) is 9.78 Å². The topological polar surface area (TPSA) is 118 Å². The molecule has 35 heavy (non-hydrogen) atoms. The van der Waals surface area contributed by atoms with Crippen molar-refractivity contribution in [1.82, 2.24) is 10.3 Å². The second-order valence-electron chi connectivity index (χ2n) is 7.95. The Bertz CT molecular complexity index is 1480. The van der Waals surface area contributed by atoms with Crippen molar-refractivity contribution in [2.45, 2.75) is 13.8 Å². The third kappa shape index (κ3) is 4.96. The summed E-state index contributed by atoms with van der Waals surface area (Å²) in [5, 5.41) is 15.4. The number of aromatic hydroxyl groups is 1. The van der Waals surface area contributed by atoms with Crippen molar-refractivity contribution in [3.05, 3.63) is 83.4 Å². The Labute approximate surface area is 201 Å². The number of carbonyl (C=O) groups is 3. The Kier molecular flexibility index (Phi) is 6.46. The number of rotatable bonds is 5. The van der Waals surface area contributed by atoms with Gasteiger partial charge in [-0.15, -0.1) is 0 Å². The number of carbonyl (C=O) groups excluding carboxylic acids is 3. The number of hydrogen-bond donors (Lipinski definition) is 3. The van der Waals surface area contributed by atoms with E-state index in [2.05, 4.69) is 15.6 Å². The number of hydrogen-bond acceptors (Lipinski definition) is 6. The molecule has 0 aliphatic heterocycles. The summed E-state index contributed by atoms with van der Waals surface area (Å²) in [6, 6.07) is 17.6. The fraction of sp³-hybridized carbons (Fsp3) is 0.111. The van der Waals surface area contributed by atoms with Crippen molar-refractivity contribution in [2.75, 3.05) is 12.4 Å². The zero-order valence-electron chi connectivity index (χ0n) is 19.4. The van der Waals surface area contributed by atoms with Gasteiger partial charge in [-0.2, -0.15) is 0 Å². The lowest BCUT2D eigenvalue weighted by Gasteiger charge is -2.13. The van der Waals surface area contributed by atoms with Crippen molar-refractivity contribution in [3.8, 4) is 22.8 Å². The SMILES string of the molecule is COc1cc(-c2cc(C(=O)NC(=O)Nc3ccccc3C)c3cc(C(C)=O)ccc3n2)ccc1O. The minimum Gasteiger partial charge on any atom is -0.504 e. The van der Waals surface area contributed by atoms with Gasteiger partial charge in [0.05, 0.1) is 23.9 Å². The van der Waals surface area contributed by atoms with Crippen LogP contribution < -0.4 is 15.4 Å². The predicted octanol–water partition coefficient (Wildman–Crippen LogP) is 5.09. The maximum Gasteiger partial charge on any atom is 0.326 e. The smallest absolute Gasteiger partial charge is 0.326 e. The third-order valence-corrected chi connectivity index (χ3v) is 5.56. The Balaban J connectivity index is 1.77. The van der Waals surface area contributed by atoms with Gasteiger partial charge in [0.1, 0.15) is 0 Å². The monoisotopic (exact) mass is 469 g/mol. The molecule has 8 heteroatoms. The molecule has 4 rings (SSSR count). The molecule has 0 aliphatic carbocycles. The van der Waals surface area contributed by atoms with Crippen LogP contribution in [0.4, 0.5) is 10.5 Å². The number of anilines is 1. The first kappa shape index (κ1) is 23.4. The number of Topliss-reactive ketones (excluding diaryl/α,β-unsaturated/α-hetero) is 1. The van der Waals surface area contributed by atoms with Crippen LogP contribution in [0.2, 0.25) is 0 Å². The Morgan fingerprint density at radius 2 is 1.74 bits per heavy atom. The average Bonchev–Trinajstić information content (AvgIpc) is 2.84. The number of amides is 3. The minimum atomic E-state index is -0.690. The predicted molar refractivity (Wildman–Crippen MR) is 133 cm³/mol. The standard InChI is InChI=1S/C27H23N3O5/c1-15-6-4-5-7-21(15)29-27(34)30-26(33)20-14-23(18-9-11-24(32)25(13-18)35-3)28-22-10-8-17(16(2)31)12-19(20)22/h4-14,32H,1-3H3,(H2,29,30,33,34). The maximum absolute atomic E-state index is 13.2. The van der Waals surface area contributed by atoms with Crippen molar-refractivity contribution < 1.29 is 24.2 Å². The maximum atomic E-state index is 13.2. The van der Waals surface area contributed by atoms with Crippen LogP contribution in [0.25, 0.3) is 22.2 Å². The van der Waals surface area contributed by atoms with Crippen LogP contribution in [-0.2, 0) is 0 Å². The van der Waals surface area contributed by atoms with E-state index in [1.165, 1.54) is 26.2 Å². The number of nitrogens with one attached hydrogen (secondary N) is 2. The summed E-state index contributed by atoms with van der Waals surface area (Å²) in [4.78, 5) is 42.4. The second-order valence-corrected chi connectivity index (χ2v) is 7.95. The zero-order valence-corrected chi connectivity index (χ0v) is 19.4. The summed E-state index contributed by atoms with van der Waals surface area (Å²) in [5.41, 5.74) is 3.49. The van der Waals surface area contributed by atoms with Gasteiger partial charge in [0, 0.05) is 22.2 Å². The Hall–Kier alpha value is -4.72. The van der Waals surface area contributed by atoms with E-state index in [0.717, 1.165) is 5.56 Å². The highest BCUT2D eigenvalue weighted by molar-refractivity contribution is 6.15. The first-order valence-electron chi connectivity index (χ1n) is 10.8. The molecule has 3 aromatic carbocycles. The first-order valence-corrected chi connectivity index (χ1v) is 10.8. The van der Waals surface area contributed by atoms with Crippen LogP contribution in [0, 0.1) is 6.92 Å². The van der Waals surface area contributed by atoms with Crippen LogP contribution in [0.15, 0.2) is 66.7 Å². The summed E-state index contributed by atoms with van der Waals surface area (Å²) in [7, 11) is 1.43. The van der Waals surface area contributed by atoms with E-state index in [0.29, 0.717) is 33.4 Å². The molecule has 0 spiro atoms. The number of aryl methyl sites for hydroxylation is 1. The fourth-order valence-electron chi connectivity index (χ4n) is 3.65. The number of ether oxygens (including phenoxy) is 1. The largest absolute Gasteiger partial charge is 0.504 e. The first-order chi connectivity index (χ1) is 16.8. The highest BCUT2D eigenvalue weighted by Crippen LogP contribution is 2.32. The third-order valence-electron chi connectivity index (χ3n) is 5.56. The molecule has 0 fully saturated rings. The van der Waals surface area contributed by atoms with E-state index in [9.17, 15) is 19.5 Å². The van der Waals surface area contributed by atoms with Gasteiger partial charge in [-0.05, 0) is 67.9 Å². The van der Waals surface area contributed by atoms with Gasteiger partial charge < -0.3 is 15.2 Å². The van der Waals surface area contributed by atoms with Crippen LogP contribution >= 0.6 is 0 Å². The molecule has 0 bridgehead atoms. The van der Waals surface area contributed by atoms with E-state index in [1.54, 1.807) is 42.5 Å². The van der Waals surface area contributed by atoms with Crippen molar-refractivity contribution in [2.24, 2.45) is 0 Å². The van der Waals surface area contributed by atoms with Crippen LogP contribution in [-0.4, -0.2) is 34.9 Å². The molecule has 0 aliphatic rings. The molecule has 4 aromatic rings. The number of urea groups is 1. The molecule has 8 nitrogen and oxygen atoms in total. The summed E-state index contributed by atoms with van der Waals surface area (Å²) >= 11 is 0. The molecule has 1 heterocycles.